The van der Waals surface area contributed by atoms with E-state index in [1.807, 2.05) is 0 Å². The third-order valence-corrected chi connectivity index (χ3v) is 3.56. The van der Waals surface area contributed by atoms with E-state index in [0.29, 0.717) is 0 Å². The van der Waals surface area contributed by atoms with Crippen LogP contribution in [-0.2, 0) is 14.6 Å². The summed E-state index contributed by atoms with van der Waals surface area (Å²) < 4.78 is 23.0. The Morgan fingerprint density at radius 3 is 2.57 bits per heavy atom. The van der Waals surface area contributed by atoms with Gasteiger partial charge in [-0.3, -0.25) is 4.79 Å². The number of carbonyl (C=O) groups excluding carboxylic acids is 1. The van der Waals surface area contributed by atoms with Gasteiger partial charge in [0.2, 0.25) is 5.24 Å². The van der Waals surface area contributed by atoms with Gasteiger partial charge >= 0.3 is 0 Å². The topological polar surface area (TPSA) is 51.2 Å². The van der Waals surface area contributed by atoms with Crippen LogP contribution in [0.5, 0.6) is 0 Å². The van der Waals surface area contributed by atoms with Crippen LogP contribution in [0.15, 0.2) is 29.2 Å². The Labute approximate surface area is 87.6 Å². The minimum absolute atomic E-state index is 0.131. The summed E-state index contributed by atoms with van der Waals surface area (Å²) in [7, 11) is -3.56. The smallest absolute Gasteiger partial charge is 0.237 e. The third kappa shape index (κ3) is 2.82. The van der Waals surface area contributed by atoms with Gasteiger partial charge in [0.15, 0.2) is 9.84 Å². The normalized spacial score (nSPS) is 11.3. The Balaban J connectivity index is 3.11. The molecule has 5 heteroatoms. The van der Waals surface area contributed by atoms with E-state index in [1.165, 1.54) is 12.1 Å². The standard InChI is InChI=1S/C9H9ClO3S/c1-7-3-2-4-8(5-7)14(12,13)6-9(10)11/h2-5H,6H2,1H3. The fourth-order valence-electron chi connectivity index (χ4n) is 1.04. The number of sulfone groups is 1. The van der Waals surface area contributed by atoms with Crippen molar-refractivity contribution in [3.8, 4) is 0 Å². The zero-order chi connectivity index (χ0) is 10.8. The highest BCUT2D eigenvalue weighted by atomic mass is 35.5. The molecule has 0 aliphatic heterocycles. The van der Waals surface area contributed by atoms with E-state index in [0.717, 1.165) is 5.56 Å². The predicted molar refractivity (Wildman–Crippen MR) is 54.1 cm³/mol. The lowest BCUT2D eigenvalue weighted by molar-refractivity contribution is -0.109. The maximum Gasteiger partial charge on any atom is 0.237 e. The Kier molecular flexibility index (Phi) is 3.29. The van der Waals surface area contributed by atoms with Gasteiger partial charge in [-0.25, -0.2) is 8.42 Å². The molecule has 0 fully saturated rings. The lowest BCUT2D eigenvalue weighted by atomic mass is 10.2. The quantitative estimate of drug-likeness (QED) is 0.743. The average Bonchev–Trinajstić information content (AvgIpc) is 2.01. The molecule has 0 aromatic heterocycles. The van der Waals surface area contributed by atoms with Gasteiger partial charge in [-0.15, -0.1) is 0 Å². The monoisotopic (exact) mass is 232 g/mol. The van der Waals surface area contributed by atoms with Crippen LogP contribution in [0.25, 0.3) is 0 Å². The van der Waals surface area contributed by atoms with Crippen LogP contribution in [0, 0.1) is 6.92 Å². The maximum atomic E-state index is 11.5. The minimum atomic E-state index is -3.56. The highest BCUT2D eigenvalue weighted by Crippen LogP contribution is 2.13. The molecule has 0 aliphatic carbocycles. The first-order valence-electron chi connectivity index (χ1n) is 3.89. The van der Waals surface area contributed by atoms with Crippen LogP contribution in [0.4, 0.5) is 0 Å². The summed E-state index contributed by atoms with van der Waals surface area (Å²) in [5.41, 5.74) is 0.827. The summed E-state index contributed by atoms with van der Waals surface area (Å²) in [4.78, 5) is 10.6. The Morgan fingerprint density at radius 1 is 1.43 bits per heavy atom. The van der Waals surface area contributed by atoms with Gasteiger partial charge in [-0.2, -0.15) is 0 Å². The van der Waals surface area contributed by atoms with E-state index >= 15 is 0 Å². The number of rotatable bonds is 3. The Morgan fingerprint density at radius 2 is 2.07 bits per heavy atom. The average molecular weight is 233 g/mol. The van der Waals surface area contributed by atoms with Crippen molar-refractivity contribution in [1.29, 1.82) is 0 Å². The molecule has 0 radical (unpaired) electrons. The number of halogens is 1. The van der Waals surface area contributed by atoms with Crippen LogP contribution in [0.2, 0.25) is 0 Å². The highest BCUT2D eigenvalue weighted by molar-refractivity contribution is 7.92. The molecular weight excluding hydrogens is 224 g/mol. The molecule has 0 atom stereocenters. The summed E-state index contributed by atoms with van der Waals surface area (Å²) in [5.74, 6) is -0.655. The van der Waals surface area contributed by atoms with Gasteiger partial charge in [0, 0.05) is 0 Å². The molecule has 0 spiro atoms. The van der Waals surface area contributed by atoms with Gasteiger partial charge in [-0.1, -0.05) is 12.1 Å². The van der Waals surface area contributed by atoms with Gasteiger partial charge in [0.1, 0.15) is 5.75 Å². The Bertz CT molecular complexity index is 451. The van der Waals surface area contributed by atoms with Gasteiger partial charge in [0.05, 0.1) is 4.90 Å². The first-order valence-corrected chi connectivity index (χ1v) is 5.92. The number of benzene rings is 1. The number of hydrogen-bond donors (Lipinski definition) is 0. The summed E-state index contributed by atoms with van der Waals surface area (Å²) in [5, 5.41) is -0.869. The lowest BCUT2D eigenvalue weighted by Gasteiger charge is -2.01. The second kappa shape index (κ2) is 4.11. The molecule has 0 bridgehead atoms. The van der Waals surface area contributed by atoms with Crippen LogP contribution in [0.1, 0.15) is 5.56 Å². The van der Waals surface area contributed by atoms with Gasteiger partial charge < -0.3 is 0 Å². The zero-order valence-corrected chi connectivity index (χ0v) is 9.10. The van der Waals surface area contributed by atoms with Crippen LogP contribution < -0.4 is 0 Å². The second-order valence-corrected chi connectivity index (χ2v) is 5.34. The lowest BCUT2D eigenvalue weighted by Crippen LogP contribution is -2.11. The molecule has 0 aliphatic rings. The van der Waals surface area contributed by atoms with Crippen molar-refractivity contribution < 1.29 is 13.2 Å². The van der Waals surface area contributed by atoms with E-state index in [-0.39, 0.29) is 4.90 Å². The van der Waals surface area contributed by atoms with E-state index in [1.54, 1.807) is 19.1 Å². The predicted octanol–water partition coefficient (Wildman–Crippen LogP) is 1.53. The van der Waals surface area contributed by atoms with Crippen molar-refractivity contribution in [2.24, 2.45) is 0 Å². The first kappa shape index (κ1) is 11.2. The van der Waals surface area contributed by atoms with Crippen molar-refractivity contribution in [1.82, 2.24) is 0 Å². The molecule has 1 aromatic rings. The minimum Gasteiger partial charge on any atom is -0.280 e. The zero-order valence-electron chi connectivity index (χ0n) is 7.53. The largest absolute Gasteiger partial charge is 0.280 e. The second-order valence-electron chi connectivity index (χ2n) is 2.93. The van der Waals surface area contributed by atoms with Crippen molar-refractivity contribution in [3.63, 3.8) is 0 Å². The van der Waals surface area contributed by atoms with E-state index in [4.69, 9.17) is 11.6 Å². The summed E-state index contributed by atoms with van der Waals surface area (Å²) in [6.07, 6.45) is 0. The van der Waals surface area contributed by atoms with Gasteiger partial charge in [-0.05, 0) is 36.2 Å². The van der Waals surface area contributed by atoms with Gasteiger partial charge in [0.25, 0.3) is 0 Å². The fraction of sp³-hybridized carbons (Fsp3) is 0.222. The number of hydrogen-bond acceptors (Lipinski definition) is 3. The van der Waals surface area contributed by atoms with Crippen LogP contribution in [0.3, 0.4) is 0 Å². The van der Waals surface area contributed by atoms with E-state index in [2.05, 4.69) is 0 Å². The van der Waals surface area contributed by atoms with Crippen molar-refractivity contribution >= 4 is 26.7 Å². The third-order valence-electron chi connectivity index (χ3n) is 1.65. The van der Waals surface area contributed by atoms with Crippen molar-refractivity contribution in [3.05, 3.63) is 29.8 Å². The first-order chi connectivity index (χ1) is 6.42. The fourth-order valence-corrected chi connectivity index (χ4v) is 2.59. The molecule has 14 heavy (non-hydrogen) atoms. The molecule has 76 valence electrons. The number of carbonyl (C=O) groups is 1. The van der Waals surface area contributed by atoms with Crippen LogP contribution >= 0.6 is 11.6 Å². The molecule has 3 nitrogen and oxygen atoms in total. The molecule has 1 aromatic carbocycles. The molecular formula is C9H9ClO3S. The molecule has 0 unspecified atom stereocenters. The van der Waals surface area contributed by atoms with Crippen molar-refractivity contribution in [2.45, 2.75) is 11.8 Å². The van der Waals surface area contributed by atoms with Crippen LogP contribution in [-0.4, -0.2) is 19.4 Å². The molecule has 0 saturated carbocycles. The highest BCUT2D eigenvalue weighted by Gasteiger charge is 2.17. The number of aryl methyl sites for hydroxylation is 1. The molecule has 0 saturated heterocycles. The summed E-state index contributed by atoms with van der Waals surface area (Å²) in [6, 6.07) is 6.36. The molecule has 0 amide bonds. The Hall–Kier alpha value is -0.870. The molecule has 0 N–H and O–H groups in total. The molecule has 0 heterocycles. The van der Waals surface area contributed by atoms with Crippen molar-refractivity contribution in [2.75, 3.05) is 5.75 Å². The summed E-state index contributed by atoms with van der Waals surface area (Å²) >= 11 is 5.03. The SMILES string of the molecule is Cc1cccc(S(=O)(=O)CC(=O)Cl)c1. The maximum absolute atomic E-state index is 11.5. The van der Waals surface area contributed by atoms with E-state index < -0.39 is 20.8 Å². The molecule has 1 rings (SSSR count). The summed E-state index contributed by atoms with van der Waals surface area (Å²) in [6.45, 7) is 1.78. The van der Waals surface area contributed by atoms with E-state index in [9.17, 15) is 13.2 Å².